The van der Waals surface area contributed by atoms with E-state index in [-0.39, 0.29) is 5.78 Å². The molecular weight excluding hydrogens is 296 g/mol. The molecule has 3 nitrogen and oxygen atoms in total. The van der Waals surface area contributed by atoms with Crippen molar-refractivity contribution in [1.29, 1.82) is 0 Å². The first-order valence-electron chi connectivity index (χ1n) is 5.43. The van der Waals surface area contributed by atoms with Gasteiger partial charge in [0.15, 0.2) is 10.4 Å². The van der Waals surface area contributed by atoms with Gasteiger partial charge in [-0.2, -0.15) is 0 Å². The maximum atomic E-state index is 12.2. The van der Waals surface area contributed by atoms with Gasteiger partial charge in [-0.15, -0.1) is 0 Å². The van der Waals surface area contributed by atoms with E-state index in [2.05, 4.69) is 15.9 Å². The Kier molecular flexibility index (Phi) is 2.59. The van der Waals surface area contributed by atoms with E-state index in [0.29, 0.717) is 16.0 Å². The van der Waals surface area contributed by atoms with Crippen LogP contribution in [0.5, 0.6) is 0 Å². The largest absolute Gasteiger partial charge is 0.457 e. The lowest BCUT2D eigenvalue weighted by molar-refractivity contribution is 0.101. The normalized spacial score (nSPS) is 11.0. The zero-order chi connectivity index (χ0) is 12.7. The molecule has 0 saturated carbocycles. The van der Waals surface area contributed by atoms with Gasteiger partial charge in [-0.05, 0) is 40.5 Å². The van der Waals surface area contributed by atoms with Crippen LogP contribution in [0.2, 0.25) is 0 Å². The molecule has 3 aromatic rings. The van der Waals surface area contributed by atoms with Crippen LogP contribution in [-0.2, 0) is 0 Å². The average molecular weight is 305 g/mol. The van der Waals surface area contributed by atoms with Gasteiger partial charge >= 0.3 is 0 Å². The smallest absolute Gasteiger partial charge is 0.232 e. The highest BCUT2D eigenvalue weighted by Gasteiger charge is 2.19. The molecule has 0 aliphatic carbocycles. The molecule has 1 aromatic carbocycles. The molecule has 3 rings (SSSR count). The van der Waals surface area contributed by atoms with Gasteiger partial charge in [-0.3, -0.25) is 4.79 Å². The number of hydrogen-bond acceptors (Lipinski definition) is 3. The number of rotatable bonds is 2. The second kappa shape index (κ2) is 4.14. The lowest BCUT2D eigenvalue weighted by Gasteiger charge is -1.94. The molecule has 0 bridgehead atoms. The predicted molar refractivity (Wildman–Crippen MR) is 70.8 cm³/mol. The summed E-state index contributed by atoms with van der Waals surface area (Å²) in [5, 5.41) is 0.929. The van der Waals surface area contributed by atoms with Crippen molar-refractivity contribution in [2.24, 2.45) is 0 Å². The van der Waals surface area contributed by atoms with Crippen LogP contribution in [0.25, 0.3) is 11.0 Å². The Hall–Kier alpha value is -1.81. The van der Waals surface area contributed by atoms with Crippen LogP contribution in [0.15, 0.2) is 50.1 Å². The van der Waals surface area contributed by atoms with E-state index in [9.17, 15) is 4.79 Å². The number of benzene rings is 1. The fraction of sp³-hybridized carbons (Fsp3) is 0.0714. The van der Waals surface area contributed by atoms with Gasteiger partial charge in [-0.25, -0.2) is 0 Å². The molecule has 2 heterocycles. The molecule has 0 radical (unpaired) electrons. The van der Waals surface area contributed by atoms with Gasteiger partial charge < -0.3 is 8.83 Å². The third kappa shape index (κ3) is 1.69. The third-order valence-corrected chi connectivity index (χ3v) is 3.44. The molecular formula is C14H9BrO3. The van der Waals surface area contributed by atoms with Gasteiger partial charge in [0.2, 0.25) is 5.78 Å². The van der Waals surface area contributed by atoms with E-state index in [0.717, 1.165) is 16.5 Å². The first kappa shape index (κ1) is 11.3. The highest BCUT2D eigenvalue weighted by molar-refractivity contribution is 9.10. The fourth-order valence-corrected chi connectivity index (χ4v) is 2.33. The van der Waals surface area contributed by atoms with Crippen molar-refractivity contribution in [3.05, 3.63) is 58.2 Å². The molecule has 0 unspecified atom stereocenters. The van der Waals surface area contributed by atoms with Crippen LogP contribution in [0.4, 0.5) is 0 Å². The zero-order valence-corrected chi connectivity index (χ0v) is 11.2. The minimum atomic E-state index is -0.189. The highest BCUT2D eigenvalue weighted by Crippen LogP contribution is 2.26. The summed E-state index contributed by atoms with van der Waals surface area (Å²) in [7, 11) is 0. The molecule has 0 N–H and O–H groups in total. The maximum absolute atomic E-state index is 12.2. The standard InChI is InChI=1S/C14H9BrO3/c1-8-3-2-4-9-7-11(18-13(8)9)12(16)10-5-6-17-14(10)15/h2-7H,1H3. The third-order valence-electron chi connectivity index (χ3n) is 2.83. The number of para-hydroxylation sites is 1. The lowest BCUT2D eigenvalue weighted by Crippen LogP contribution is -1.97. The van der Waals surface area contributed by atoms with E-state index in [1.807, 2.05) is 25.1 Å². The first-order chi connectivity index (χ1) is 8.66. The lowest BCUT2D eigenvalue weighted by atomic mass is 10.1. The van der Waals surface area contributed by atoms with E-state index in [1.165, 1.54) is 6.26 Å². The number of ketones is 1. The number of halogens is 1. The second-order valence-corrected chi connectivity index (χ2v) is 4.76. The average Bonchev–Trinajstić information content (AvgIpc) is 2.95. The van der Waals surface area contributed by atoms with Crippen molar-refractivity contribution >= 4 is 32.7 Å². The first-order valence-corrected chi connectivity index (χ1v) is 6.23. The van der Waals surface area contributed by atoms with Crippen LogP contribution < -0.4 is 0 Å². The van der Waals surface area contributed by atoms with Gasteiger partial charge in [0, 0.05) is 5.39 Å². The molecule has 0 atom stereocenters. The Balaban J connectivity index is 2.13. The van der Waals surface area contributed by atoms with Gasteiger partial charge in [0.05, 0.1) is 11.8 Å². The maximum Gasteiger partial charge on any atom is 0.232 e. The number of aryl methyl sites for hydroxylation is 1. The SMILES string of the molecule is Cc1cccc2cc(C(=O)c3ccoc3Br)oc12. The number of hydrogen-bond donors (Lipinski definition) is 0. The van der Waals surface area contributed by atoms with E-state index >= 15 is 0 Å². The Morgan fingerprint density at radius 3 is 2.78 bits per heavy atom. The van der Waals surface area contributed by atoms with Crippen molar-refractivity contribution in [3.63, 3.8) is 0 Å². The summed E-state index contributed by atoms with van der Waals surface area (Å²) in [6.45, 7) is 1.95. The Labute approximate surface area is 112 Å². The summed E-state index contributed by atoms with van der Waals surface area (Å²) in [4.78, 5) is 12.2. The molecule has 0 amide bonds. The molecule has 0 aliphatic rings. The number of carbonyl (C=O) groups excluding carboxylic acids is 1. The molecule has 4 heteroatoms. The zero-order valence-electron chi connectivity index (χ0n) is 9.57. The molecule has 90 valence electrons. The number of furan rings is 2. The molecule has 18 heavy (non-hydrogen) atoms. The minimum Gasteiger partial charge on any atom is -0.457 e. The monoisotopic (exact) mass is 304 g/mol. The van der Waals surface area contributed by atoms with E-state index < -0.39 is 0 Å². The van der Waals surface area contributed by atoms with Gasteiger partial charge in [-0.1, -0.05) is 18.2 Å². The Morgan fingerprint density at radius 1 is 1.28 bits per heavy atom. The van der Waals surface area contributed by atoms with Crippen molar-refractivity contribution in [3.8, 4) is 0 Å². The van der Waals surface area contributed by atoms with Crippen LogP contribution in [0.3, 0.4) is 0 Å². The molecule has 2 aromatic heterocycles. The Bertz CT molecular complexity index is 736. The summed E-state index contributed by atoms with van der Waals surface area (Å²) >= 11 is 3.19. The summed E-state index contributed by atoms with van der Waals surface area (Å²) in [5.41, 5.74) is 2.23. The van der Waals surface area contributed by atoms with Crippen molar-refractivity contribution < 1.29 is 13.6 Å². The van der Waals surface area contributed by atoms with Crippen LogP contribution in [0.1, 0.15) is 21.7 Å². The van der Waals surface area contributed by atoms with E-state index in [1.54, 1.807) is 12.1 Å². The molecule has 0 fully saturated rings. The molecule has 0 aliphatic heterocycles. The van der Waals surface area contributed by atoms with Crippen LogP contribution in [0, 0.1) is 6.92 Å². The van der Waals surface area contributed by atoms with Crippen molar-refractivity contribution in [1.82, 2.24) is 0 Å². The second-order valence-electron chi connectivity index (χ2n) is 4.04. The summed E-state index contributed by atoms with van der Waals surface area (Å²) in [5.74, 6) is 0.132. The van der Waals surface area contributed by atoms with Crippen molar-refractivity contribution in [2.45, 2.75) is 6.92 Å². The topological polar surface area (TPSA) is 43.4 Å². The molecule has 0 spiro atoms. The summed E-state index contributed by atoms with van der Waals surface area (Å²) in [6, 6.07) is 9.19. The van der Waals surface area contributed by atoms with Crippen LogP contribution >= 0.6 is 15.9 Å². The summed E-state index contributed by atoms with van der Waals surface area (Å²) in [6.07, 6.45) is 1.46. The number of fused-ring (bicyclic) bond motifs is 1. The quantitative estimate of drug-likeness (QED) is 0.662. The van der Waals surface area contributed by atoms with Crippen molar-refractivity contribution in [2.75, 3.05) is 0 Å². The van der Waals surface area contributed by atoms with Gasteiger partial charge in [0.1, 0.15) is 5.58 Å². The van der Waals surface area contributed by atoms with Crippen LogP contribution in [-0.4, -0.2) is 5.78 Å². The van der Waals surface area contributed by atoms with E-state index in [4.69, 9.17) is 8.83 Å². The molecule has 0 saturated heterocycles. The highest BCUT2D eigenvalue weighted by atomic mass is 79.9. The minimum absolute atomic E-state index is 0.189. The Morgan fingerprint density at radius 2 is 2.11 bits per heavy atom. The predicted octanol–water partition coefficient (Wildman–Crippen LogP) is 4.33. The van der Waals surface area contributed by atoms with Gasteiger partial charge in [0.25, 0.3) is 0 Å². The summed E-state index contributed by atoms with van der Waals surface area (Å²) < 4.78 is 11.1. The number of carbonyl (C=O) groups is 1. The fourth-order valence-electron chi connectivity index (χ4n) is 1.91.